The summed E-state index contributed by atoms with van der Waals surface area (Å²) in [7, 11) is 0. The van der Waals surface area contributed by atoms with Gasteiger partial charge in [0.05, 0.1) is 5.02 Å². The zero-order valence-electron chi connectivity index (χ0n) is 9.91. The monoisotopic (exact) mass is 273 g/mol. The number of hydrogen-bond donors (Lipinski definition) is 1. The lowest BCUT2D eigenvalue weighted by Gasteiger charge is -2.03. The summed E-state index contributed by atoms with van der Waals surface area (Å²) < 4.78 is 0. The zero-order chi connectivity index (χ0) is 12.5. The second-order valence-corrected chi connectivity index (χ2v) is 5.62. The predicted molar refractivity (Wildman–Crippen MR) is 78.6 cm³/mol. The normalized spacial score (nSPS) is 11.0. The van der Waals surface area contributed by atoms with Crippen molar-refractivity contribution in [2.75, 3.05) is 0 Å². The average molecular weight is 274 g/mol. The van der Waals surface area contributed by atoms with Crippen molar-refractivity contribution in [2.24, 2.45) is 0 Å². The molecule has 1 aromatic heterocycles. The van der Waals surface area contributed by atoms with Crippen molar-refractivity contribution < 1.29 is 0 Å². The molecule has 2 aromatic carbocycles. The van der Waals surface area contributed by atoms with Gasteiger partial charge in [0.25, 0.3) is 0 Å². The van der Waals surface area contributed by atoms with Crippen molar-refractivity contribution in [3.8, 4) is 0 Å². The molecule has 90 valence electrons. The van der Waals surface area contributed by atoms with Crippen LogP contribution >= 0.6 is 23.4 Å². The molecule has 0 aliphatic rings. The summed E-state index contributed by atoms with van der Waals surface area (Å²) in [5.74, 6) is 0. The molecule has 3 rings (SSSR count). The molecular weight excluding hydrogens is 262 g/mol. The molecule has 1 nitrogen and oxygen atoms in total. The van der Waals surface area contributed by atoms with Crippen LogP contribution in [0.25, 0.3) is 10.9 Å². The maximum Gasteiger partial charge on any atom is 0.0545 e. The summed E-state index contributed by atoms with van der Waals surface area (Å²) >= 11 is 7.93. The van der Waals surface area contributed by atoms with Crippen molar-refractivity contribution in [1.29, 1.82) is 0 Å². The standard InChI is InChI=1S/C15H12ClNS/c1-10-15(11-6-2-4-8-13(11)17-10)18-14-9-5-3-7-12(14)16/h2-9,17H,1H3. The molecule has 0 amide bonds. The van der Waals surface area contributed by atoms with Crippen molar-refractivity contribution in [2.45, 2.75) is 16.7 Å². The SMILES string of the molecule is Cc1[nH]c2ccccc2c1Sc1ccccc1Cl. The van der Waals surface area contributed by atoms with E-state index in [1.165, 1.54) is 21.5 Å². The van der Waals surface area contributed by atoms with Gasteiger partial charge in [-0.25, -0.2) is 0 Å². The minimum atomic E-state index is 0.798. The van der Waals surface area contributed by atoms with Crippen molar-refractivity contribution in [3.05, 3.63) is 59.2 Å². The number of H-pyrrole nitrogens is 1. The number of hydrogen-bond acceptors (Lipinski definition) is 1. The average Bonchev–Trinajstić information content (AvgIpc) is 2.69. The van der Waals surface area contributed by atoms with E-state index >= 15 is 0 Å². The van der Waals surface area contributed by atoms with Crippen LogP contribution in [0, 0.1) is 6.92 Å². The summed E-state index contributed by atoms with van der Waals surface area (Å²) in [6, 6.07) is 16.3. The molecule has 0 unspecified atom stereocenters. The van der Waals surface area contributed by atoms with Crippen LogP contribution in [0.5, 0.6) is 0 Å². The molecule has 0 atom stereocenters. The van der Waals surface area contributed by atoms with E-state index in [-0.39, 0.29) is 0 Å². The Morgan fingerprint density at radius 3 is 2.56 bits per heavy atom. The minimum absolute atomic E-state index is 0.798. The summed E-state index contributed by atoms with van der Waals surface area (Å²) in [6.07, 6.45) is 0. The van der Waals surface area contributed by atoms with Gasteiger partial charge in [-0.2, -0.15) is 0 Å². The Hall–Kier alpha value is -1.38. The minimum Gasteiger partial charge on any atom is -0.358 e. The third-order valence-corrected chi connectivity index (χ3v) is 4.63. The van der Waals surface area contributed by atoms with Gasteiger partial charge in [-0.05, 0) is 25.1 Å². The van der Waals surface area contributed by atoms with E-state index in [1.807, 2.05) is 30.3 Å². The molecule has 0 spiro atoms. The van der Waals surface area contributed by atoms with E-state index in [0.29, 0.717) is 0 Å². The van der Waals surface area contributed by atoms with Crippen molar-refractivity contribution in [1.82, 2.24) is 4.98 Å². The van der Waals surface area contributed by atoms with Gasteiger partial charge < -0.3 is 4.98 Å². The lowest BCUT2D eigenvalue weighted by Crippen LogP contribution is -1.77. The predicted octanol–water partition coefficient (Wildman–Crippen LogP) is 5.28. The van der Waals surface area contributed by atoms with Gasteiger partial charge in [-0.1, -0.05) is 53.7 Å². The summed E-state index contributed by atoms with van der Waals surface area (Å²) in [5, 5.41) is 2.05. The Morgan fingerprint density at radius 1 is 1.00 bits per heavy atom. The first kappa shape index (κ1) is 11.7. The Balaban J connectivity index is 2.10. The molecule has 0 aliphatic heterocycles. The number of rotatable bonds is 2. The highest BCUT2D eigenvalue weighted by molar-refractivity contribution is 7.99. The molecule has 0 saturated carbocycles. The number of benzene rings is 2. The van der Waals surface area contributed by atoms with E-state index in [2.05, 4.69) is 30.1 Å². The van der Waals surface area contributed by atoms with Crippen LogP contribution in [-0.4, -0.2) is 4.98 Å². The third-order valence-electron chi connectivity index (χ3n) is 2.88. The van der Waals surface area contributed by atoms with Gasteiger partial charge in [0.2, 0.25) is 0 Å². The fraction of sp³-hybridized carbons (Fsp3) is 0.0667. The summed E-state index contributed by atoms with van der Waals surface area (Å²) in [5.41, 5.74) is 2.35. The number of aromatic amines is 1. The molecule has 0 saturated heterocycles. The van der Waals surface area contributed by atoms with Crippen LogP contribution in [0.15, 0.2) is 58.3 Å². The Bertz CT molecular complexity index is 703. The van der Waals surface area contributed by atoms with Crippen LogP contribution in [0.4, 0.5) is 0 Å². The van der Waals surface area contributed by atoms with Crippen LogP contribution in [0.2, 0.25) is 5.02 Å². The smallest absolute Gasteiger partial charge is 0.0545 e. The van der Waals surface area contributed by atoms with E-state index in [9.17, 15) is 0 Å². The lowest BCUT2D eigenvalue weighted by molar-refractivity contribution is 1.23. The number of aromatic nitrogens is 1. The fourth-order valence-electron chi connectivity index (χ4n) is 2.02. The lowest BCUT2D eigenvalue weighted by atomic mass is 10.2. The molecule has 0 fully saturated rings. The van der Waals surface area contributed by atoms with Crippen molar-refractivity contribution in [3.63, 3.8) is 0 Å². The maximum absolute atomic E-state index is 6.21. The van der Waals surface area contributed by atoms with Gasteiger partial charge in [-0.15, -0.1) is 0 Å². The number of nitrogens with one attached hydrogen (secondary N) is 1. The molecule has 3 heteroatoms. The van der Waals surface area contributed by atoms with Crippen LogP contribution in [-0.2, 0) is 0 Å². The quantitative estimate of drug-likeness (QED) is 0.671. The van der Waals surface area contributed by atoms with E-state index < -0.39 is 0 Å². The van der Waals surface area contributed by atoms with E-state index in [1.54, 1.807) is 11.8 Å². The van der Waals surface area contributed by atoms with Gasteiger partial charge in [0.15, 0.2) is 0 Å². The second kappa shape index (κ2) is 4.71. The van der Waals surface area contributed by atoms with Gasteiger partial charge in [0.1, 0.15) is 0 Å². The van der Waals surface area contributed by atoms with Gasteiger partial charge >= 0.3 is 0 Å². The zero-order valence-corrected chi connectivity index (χ0v) is 11.5. The van der Waals surface area contributed by atoms with Gasteiger partial charge in [-0.3, -0.25) is 0 Å². The topological polar surface area (TPSA) is 15.8 Å². The molecule has 0 aliphatic carbocycles. The first-order valence-corrected chi connectivity index (χ1v) is 6.95. The Kier molecular flexibility index (Phi) is 3.06. The number of halogens is 1. The van der Waals surface area contributed by atoms with E-state index in [4.69, 9.17) is 11.6 Å². The Labute approximate surface area is 115 Å². The highest BCUT2D eigenvalue weighted by Gasteiger charge is 2.10. The third kappa shape index (κ3) is 2.02. The van der Waals surface area contributed by atoms with Crippen LogP contribution < -0.4 is 0 Å². The second-order valence-electron chi connectivity index (χ2n) is 4.16. The maximum atomic E-state index is 6.21. The van der Waals surface area contributed by atoms with Crippen molar-refractivity contribution >= 4 is 34.3 Å². The first-order valence-electron chi connectivity index (χ1n) is 5.75. The Morgan fingerprint density at radius 2 is 1.72 bits per heavy atom. The number of aryl methyl sites for hydroxylation is 1. The number of para-hydroxylation sites is 1. The molecular formula is C15H12ClNS. The molecule has 0 bridgehead atoms. The van der Waals surface area contributed by atoms with Gasteiger partial charge in [0, 0.05) is 26.4 Å². The largest absolute Gasteiger partial charge is 0.358 e. The number of fused-ring (bicyclic) bond motifs is 1. The first-order chi connectivity index (χ1) is 8.75. The van der Waals surface area contributed by atoms with Crippen LogP contribution in [0.3, 0.4) is 0 Å². The highest BCUT2D eigenvalue weighted by atomic mass is 35.5. The summed E-state index contributed by atoms with van der Waals surface area (Å²) in [6.45, 7) is 2.10. The molecule has 1 N–H and O–H groups in total. The van der Waals surface area contributed by atoms with E-state index in [0.717, 1.165) is 9.92 Å². The molecule has 0 radical (unpaired) electrons. The fourth-order valence-corrected chi connectivity index (χ4v) is 3.30. The summed E-state index contributed by atoms with van der Waals surface area (Å²) in [4.78, 5) is 5.74. The van der Waals surface area contributed by atoms with Crippen LogP contribution in [0.1, 0.15) is 5.69 Å². The molecule has 18 heavy (non-hydrogen) atoms. The molecule has 3 aromatic rings. The highest BCUT2D eigenvalue weighted by Crippen LogP contribution is 2.38. The molecule has 1 heterocycles.